The molecule has 1 aromatic heterocycles. The largest absolute Gasteiger partial charge is 0.299 e. The van der Waals surface area contributed by atoms with Crippen LogP contribution in [0.5, 0.6) is 0 Å². The molecule has 4 heteroatoms. The third kappa shape index (κ3) is 1.48. The summed E-state index contributed by atoms with van der Waals surface area (Å²) in [5.74, 6) is 0.209. The first-order chi connectivity index (χ1) is 6.56. The summed E-state index contributed by atoms with van der Waals surface area (Å²) >= 11 is 9.21. The van der Waals surface area contributed by atoms with E-state index >= 15 is 0 Å². The topological polar surface area (TPSA) is 30.0 Å². The maximum Gasteiger partial charge on any atom is 0.140 e. The first-order valence-corrected chi connectivity index (χ1v) is 5.56. The molecular weight excluding hydrogens is 265 g/mol. The molecule has 0 unspecified atom stereocenters. The van der Waals surface area contributed by atoms with Crippen molar-refractivity contribution in [1.82, 2.24) is 4.98 Å². The summed E-state index contributed by atoms with van der Waals surface area (Å²) in [6.45, 7) is 1.63. The molecule has 0 amide bonds. The highest BCUT2D eigenvalue weighted by Crippen LogP contribution is 2.51. The van der Waals surface area contributed by atoms with Gasteiger partial charge < -0.3 is 0 Å². The van der Waals surface area contributed by atoms with Gasteiger partial charge in [-0.2, -0.15) is 0 Å². The molecule has 1 fully saturated rings. The highest BCUT2D eigenvalue weighted by atomic mass is 79.9. The standard InChI is InChI=1S/C10H9BrClNO/c1-6(14)10(2-3-10)7-4-9(12)13-5-8(7)11/h4-5H,2-3H2,1H3. The number of rotatable bonds is 2. The van der Waals surface area contributed by atoms with Gasteiger partial charge in [0.25, 0.3) is 0 Å². The van der Waals surface area contributed by atoms with Crippen LogP contribution < -0.4 is 0 Å². The van der Waals surface area contributed by atoms with E-state index in [9.17, 15) is 4.79 Å². The normalized spacial score (nSPS) is 17.9. The molecule has 0 aromatic carbocycles. The third-order valence-electron chi connectivity index (χ3n) is 2.76. The number of Topliss-reactive ketones (excluding diaryl/α,β-unsaturated/α-hetero) is 1. The number of carbonyl (C=O) groups is 1. The molecule has 1 saturated carbocycles. The molecular formula is C10H9BrClNO. The number of aromatic nitrogens is 1. The molecule has 2 nitrogen and oxygen atoms in total. The Labute approximate surface area is 95.8 Å². The molecule has 0 aliphatic heterocycles. The predicted molar refractivity (Wildman–Crippen MR) is 58.5 cm³/mol. The summed E-state index contributed by atoms with van der Waals surface area (Å²) in [5.41, 5.74) is 0.691. The maximum atomic E-state index is 11.5. The minimum Gasteiger partial charge on any atom is -0.299 e. The van der Waals surface area contributed by atoms with Gasteiger partial charge in [-0.1, -0.05) is 11.6 Å². The van der Waals surface area contributed by atoms with Crippen molar-refractivity contribution in [2.45, 2.75) is 25.2 Å². The summed E-state index contributed by atoms with van der Waals surface area (Å²) < 4.78 is 0.870. The number of ketones is 1. The highest BCUT2D eigenvalue weighted by molar-refractivity contribution is 9.10. The Balaban J connectivity index is 2.51. The van der Waals surface area contributed by atoms with Gasteiger partial charge in [0, 0.05) is 10.7 Å². The Hall–Kier alpha value is -0.410. The number of nitrogens with zero attached hydrogens (tertiary/aromatic N) is 1. The average Bonchev–Trinajstić information content (AvgIpc) is 2.90. The molecule has 0 bridgehead atoms. The Bertz CT molecular complexity index is 401. The van der Waals surface area contributed by atoms with Crippen LogP contribution in [0.4, 0.5) is 0 Å². The Morgan fingerprint density at radius 1 is 1.64 bits per heavy atom. The second kappa shape index (κ2) is 3.31. The van der Waals surface area contributed by atoms with Crippen LogP contribution in [-0.2, 0) is 10.2 Å². The van der Waals surface area contributed by atoms with Gasteiger partial charge in [0.2, 0.25) is 0 Å². The summed E-state index contributed by atoms with van der Waals surface area (Å²) in [7, 11) is 0. The molecule has 0 spiro atoms. The van der Waals surface area contributed by atoms with Crippen LogP contribution in [0.3, 0.4) is 0 Å². The van der Waals surface area contributed by atoms with E-state index in [2.05, 4.69) is 20.9 Å². The summed E-state index contributed by atoms with van der Waals surface area (Å²) in [5, 5.41) is 0.440. The molecule has 0 saturated heterocycles. The molecule has 0 atom stereocenters. The summed E-state index contributed by atoms with van der Waals surface area (Å²) in [6, 6.07) is 1.78. The van der Waals surface area contributed by atoms with E-state index < -0.39 is 0 Å². The lowest BCUT2D eigenvalue weighted by atomic mass is 9.93. The molecule has 14 heavy (non-hydrogen) atoms. The van der Waals surface area contributed by atoms with Crippen molar-refractivity contribution in [2.75, 3.05) is 0 Å². The fourth-order valence-electron chi connectivity index (χ4n) is 1.72. The molecule has 0 radical (unpaired) electrons. The number of hydrogen-bond donors (Lipinski definition) is 0. The summed E-state index contributed by atoms with van der Waals surface area (Å²) in [6.07, 6.45) is 3.49. The van der Waals surface area contributed by atoms with E-state index in [0.717, 1.165) is 22.9 Å². The van der Waals surface area contributed by atoms with Gasteiger partial charge in [-0.3, -0.25) is 4.79 Å². The van der Waals surface area contributed by atoms with E-state index in [1.54, 1.807) is 19.2 Å². The zero-order chi connectivity index (χ0) is 10.3. The van der Waals surface area contributed by atoms with Gasteiger partial charge in [0.15, 0.2) is 0 Å². The van der Waals surface area contributed by atoms with Gasteiger partial charge in [-0.15, -0.1) is 0 Å². The predicted octanol–water partition coefficient (Wildman–Crippen LogP) is 3.12. The van der Waals surface area contributed by atoms with Crippen LogP contribution in [0.15, 0.2) is 16.7 Å². The van der Waals surface area contributed by atoms with Crippen LogP contribution in [0.2, 0.25) is 5.15 Å². The van der Waals surface area contributed by atoms with Gasteiger partial charge in [-0.25, -0.2) is 4.98 Å². The van der Waals surface area contributed by atoms with Crippen molar-refractivity contribution >= 4 is 33.3 Å². The van der Waals surface area contributed by atoms with Gasteiger partial charge >= 0.3 is 0 Å². The van der Waals surface area contributed by atoms with Crippen LogP contribution in [0.25, 0.3) is 0 Å². The molecule has 0 N–H and O–H groups in total. The molecule has 1 aliphatic rings. The monoisotopic (exact) mass is 273 g/mol. The summed E-state index contributed by atoms with van der Waals surface area (Å²) in [4.78, 5) is 15.5. The number of halogens is 2. The second-order valence-electron chi connectivity index (χ2n) is 3.63. The average molecular weight is 275 g/mol. The molecule has 1 aromatic rings. The van der Waals surface area contributed by atoms with Gasteiger partial charge in [0.05, 0.1) is 5.41 Å². The fraction of sp³-hybridized carbons (Fsp3) is 0.400. The third-order valence-corrected chi connectivity index (χ3v) is 3.60. The van der Waals surface area contributed by atoms with E-state index in [1.807, 2.05) is 0 Å². The van der Waals surface area contributed by atoms with Crippen molar-refractivity contribution in [3.63, 3.8) is 0 Å². The maximum absolute atomic E-state index is 11.5. The Kier molecular flexibility index (Phi) is 2.40. The van der Waals surface area contributed by atoms with Crippen molar-refractivity contribution in [1.29, 1.82) is 0 Å². The number of carbonyl (C=O) groups excluding carboxylic acids is 1. The molecule has 2 rings (SSSR count). The smallest absolute Gasteiger partial charge is 0.140 e. The van der Waals surface area contributed by atoms with E-state index in [0.29, 0.717) is 5.15 Å². The van der Waals surface area contributed by atoms with Crippen molar-refractivity contribution in [2.24, 2.45) is 0 Å². The molecule has 1 aliphatic carbocycles. The molecule has 1 heterocycles. The van der Waals surface area contributed by atoms with E-state index in [1.165, 1.54) is 0 Å². The Morgan fingerprint density at radius 3 is 2.79 bits per heavy atom. The minimum atomic E-state index is -0.286. The van der Waals surface area contributed by atoms with Gasteiger partial charge in [0.1, 0.15) is 10.9 Å². The quantitative estimate of drug-likeness (QED) is 0.776. The first-order valence-electron chi connectivity index (χ1n) is 4.39. The minimum absolute atomic E-state index is 0.209. The van der Waals surface area contributed by atoms with Crippen LogP contribution >= 0.6 is 27.5 Å². The van der Waals surface area contributed by atoms with Crippen LogP contribution in [0.1, 0.15) is 25.3 Å². The fourth-order valence-corrected chi connectivity index (χ4v) is 2.47. The lowest BCUT2D eigenvalue weighted by Gasteiger charge is -2.13. The van der Waals surface area contributed by atoms with Crippen molar-refractivity contribution in [3.05, 3.63) is 27.5 Å². The lowest BCUT2D eigenvalue weighted by Crippen LogP contribution is -2.17. The van der Waals surface area contributed by atoms with E-state index in [-0.39, 0.29) is 11.2 Å². The zero-order valence-corrected chi connectivity index (χ0v) is 10.0. The zero-order valence-electron chi connectivity index (χ0n) is 7.68. The second-order valence-corrected chi connectivity index (χ2v) is 4.87. The van der Waals surface area contributed by atoms with Crippen LogP contribution in [-0.4, -0.2) is 10.8 Å². The van der Waals surface area contributed by atoms with Crippen molar-refractivity contribution < 1.29 is 4.79 Å². The lowest BCUT2D eigenvalue weighted by molar-refractivity contribution is -0.119. The Morgan fingerprint density at radius 2 is 2.29 bits per heavy atom. The highest BCUT2D eigenvalue weighted by Gasteiger charge is 2.49. The first kappa shape index (κ1) is 10.1. The molecule has 74 valence electrons. The van der Waals surface area contributed by atoms with E-state index in [4.69, 9.17) is 11.6 Å². The van der Waals surface area contributed by atoms with Crippen molar-refractivity contribution in [3.8, 4) is 0 Å². The SMILES string of the molecule is CC(=O)C1(c2cc(Cl)ncc2Br)CC1. The number of pyridine rings is 1. The van der Waals surface area contributed by atoms with Crippen LogP contribution in [0, 0.1) is 0 Å². The van der Waals surface area contributed by atoms with Gasteiger partial charge in [-0.05, 0) is 47.3 Å². The number of hydrogen-bond acceptors (Lipinski definition) is 2.